The molecule has 0 spiro atoms. The minimum absolute atomic E-state index is 0.0460. The molecule has 2 aromatic heterocycles. The molecule has 1 aromatic carbocycles. The van der Waals surface area contributed by atoms with Crippen LogP contribution in [0, 0.1) is 0 Å². The van der Waals surface area contributed by atoms with Crippen LogP contribution in [0.3, 0.4) is 0 Å². The molecule has 3 aromatic rings. The molecule has 29 heavy (non-hydrogen) atoms. The summed E-state index contributed by atoms with van der Waals surface area (Å²) < 4.78 is 7.39. The summed E-state index contributed by atoms with van der Waals surface area (Å²) >= 11 is 0. The van der Waals surface area contributed by atoms with Gasteiger partial charge in [-0.1, -0.05) is 24.3 Å². The summed E-state index contributed by atoms with van der Waals surface area (Å²) in [6.07, 6.45) is 4.11. The summed E-state index contributed by atoms with van der Waals surface area (Å²) in [6, 6.07) is 13.8. The number of fused-ring (bicyclic) bond motifs is 1. The molecule has 0 aliphatic carbocycles. The molecule has 3 heterocycles. The van der Waals surface area contributed by atoms with Crippen LogP contribution in [0.15, 0.2) is 54.9 Å². The summed E-state index contributed by atoms with van der Waals surface area (Å²) in [4.78, 5) is 21.6. The third-order valence-corrected chi connectivity index (χ3v) is 5.30. The minimum Gasteiger partial charge on any atom is -0.496 e. The maximum Gasteiger partial charge on any atom is 0.234 e. The molecule has 1 aliphatic rings. The van der Waals surface area contributed by atoms with Crippen LogP contribution in [-0.4, -0.2) is 64.9 Å². The van der Waals surface area contributed by atoms with Crippen LogP contribution in [0.1, 0.15) is 11.3 Å². The van der Waals surface area contributed by atoms with Crippen LogP contribution in [0.4, 0.5) is 0 Å². The van der Waals surface area contributed by atoms with Crippen molar-refractivity contribution < 1.29 is 9.53 Å². The number of methoxy groups -OCH3 is 1. The Morgan fingerprint density at radius 1 is 1.07 bits per heavy atom. The zero-order valence-electron chi connectivity index (χ0n) is 16.8. The van der Waals surface area contributed by atoms with Crippen molar-refractivity contribution in [1.82, 2.24) is 24.5 Å². The Balaban J connectivity index is 1.21. The highest BCUT2D eigenvalue weighted by Crippen LogP contribution is 2.16. The van der Waals surface area contributed by atoms with Crippen LogP contribution in [0.2, 0.25) is 0 Å². The van der Waals surface area contributed by atoms with Gasteiger partial charge >= 0.3 is 0 Å². The van der Waals surface area contributed by atoms with E-state index in [2.05, 4.69) is 30.7 Å². The van der Waals surface area contributed by atoms with Gasteiger partial charge in [0, 0.05) is 57.2 Å². The number of rotatable bonds is 7. The standard InChI is InChI=1S/C22H27N5O2/c1-29-20-7-3-2-6-18(20)14-23-22(28)17-26-12-10-25(11-13-26)15-19-16-27-9-5-4-8-21(27)24-19/h2-9,16H,10-15,17H2,1H3,(H,23,28). The summed E-state index contributed by atoms with van der Waals surface area (Å²) in [5, 5.41) is 3.00. The number of benzene rings is 1. The molecule has 1 fully saturated rings. The zero-order chi connectivity index (χ0) is 20.1. The normalized spacial score (nSPS) is 15.5. The number of ether oxygens (including phenoxy) is 1. The molecule has 0 bridgehead atoms. The molecule has 1 saturated heterocycles. The van der Waals surface area contributed by atoms with Gasteiger partial charge in [0.2, 0.25) is 5.91 Å². The summed E-state index contributed by atoms with van der Waals surface area (Å²) in [5.74, 6) is 0.845. The van der Waals surface area contributed by atoms with E-state index in [0.29, 0.717) is 13.1 Å². The molecule has 4 rings (SSSR count). The highest BCUT2D eigenvalue weighted by atomic mass is 16.5. The average Bonchev–Trinajstić information content (AvgIpc) is 3.16. The SMILES string of the molecule is COc1ccccc1CNC(=O)CN1CCN(Cc2cn3ccccc3n2)CC1. The maximum absolute atomic E-state index is 12.3. The first-order chi connectivity index (χ1) is 14.2. The highest BCUT2D eigenvalue weighted by Gasteiger charge is 2.20. The second-order valence-corrected chi connectivity index (χ2v) is 7.34. The van der Waals surface area contributed by atoms with Gasteiger partial charge in [-0.15, -0.1) is 0 Å². The van der Waals surface area contributed by atoms with Crippen molar-refractivity contribution in [2.24, 2.45) is 0 Å². The largest absolute Gasteiger partial charge is 0.496 e. The number of nitrogens with one attached hydrogen (secondary N) is 1. The smallest absolute Gasteiger partial charge is 0.234 e. The second kappa shape index (κ2) is 9.07. The van der Waals surface area contributed by atoms with Crippen LogP contribution in [0.25, 0.3) is 5.65 Å². The number of nitrogens with zero attached hydrogens (tertiary/aromatic N) is 4. The van der Waals surface area contributed by atoms with Gasteiger partial charge in [-0.05, 0) is 18.2 Å². The van der Waals surface area contributed by atoms with Crippen molar-refractivity contribution in [2.75, 3.05) is 39.8 Å². The van der Waals surface area contributed by atoms with E-state index >= 15 is 0 Å². The Bertz CT molecular complexity index is 930. The summed E-state index contributed by atoms with van der Waals surface area (Å²) in [5.41, 5.74) is 3.05. The monoisotopic (exact) mass is 393 g/mol. The summed E-state index contributed by atoms with van der Waals surface area (Å²) in [6.45, 7) is 5.40. The topological polar surface area (TPSA) is 62.1 Å². The molecule has 0 radical (unpaired) electrons. The molecular weight excluding hydrogens is 366 g/mol. The number of imidazole rings is 1. The van der Waals surface area contributed by atoms with Gasteiger partial charge in [-0.25, -0.2) is 4.98 Å². The van der Waals surface area contributed by atoms with Crippen LogP contribution in [-0.2, 0) is 17.9 Å². The molecule has 7 nitrogen and oxygen atoms in total. The molecule has 1 amide bonds. The van der Waals surface area contributed by atoms with E-state index in [9.17, 15) is 4.79 Å². The predicted molar refractivity (Wildman–Crippen MR) is 112 cm³/mol. The van der Waals surface area contributed by atoms with Crippen molar-refractivity contribution in [2.45, 2.75) is 13.1 Å². The average molecular weight is 393 g/mol. The zero-order valence-corrected chi connectivity index (χ0v) is 16.8. The van der Waals surface area contributed by atoms with Gasteiger partial charge in [0.25, 0.3) is 0 Å². The van der Waals surface area contributed by atoms with E-state index in [1.807, 2.05) is 48.7 Å². The third kappa shape index (κ3) is 4.93. The van der Waals surface area contributed by atoms with E-state index in [0.717, 1.165) is 55.4 Å². The van der Waals surface area contributed by atoms with Crippen molar-refractivity contribution >= 4 is 11.6 Å². The Morgan fingerprint density at radius 2 is 1.83 bits per heavy atom. The van der Waals surface area contributed by atoms with E-state index in [1.165, 1.54) is 0 Å². The fourth-order valence-electron chi connectivity index (χ4n) is 3.70. The van der Waals surface area contributed by atoms with Crippen molar-refractivity contribution in [1.29, 1.82) is 0 Å². The highest BCUT2D eigenvalue weighted by molar-refractivity contribution is 5.78. The van der Waals surface area contributed by atoms with Crippen LogP contribution >= 0.6 is 0 Å². The number of piperazine rings is 1. The Morgan fingerprint density at radius 3 is 2.62 bits per heavy atom. The number of pyridine rings is 1. The first kappa shape index (κ1) is 19.4. The molecule has 0 unspecified atom stereocenters. The van der Waals surface area contributed by atoms with E-state index in [4.69, 9.17) is 4.74 Å². The lowest BCUT2D eigenvalue weighted by molar-refractivity contribution is -0.122. The number of carbonyl (C=O) groups is 1. The quantitative estimate of drug-likeness (QED) is 0.663. The van der Waals surface area contributed by atoms with Gasteiger partial charge in [0.1, 0.15) is 11.4 Å². The number of hydrogen-bond donors (Lipinski definition) is 1. The van der Waals surface area contributed by atoms with Gasteiger partial charge in [-0.3, -0.25) is 14.6 Å². The van der Waals surface area contributed by atoms with Gasteiger partial charge in [-0.2, -0.15) is 0 Å². The fourth-order valence-corrected chi connectivity index (χ4v) is 3.70. The Hall–Kier alpha value is -2.90. The lowest BCUT2D eigenvalue weighted by Gasteiger charge is -2.33. The molecular formula is C22H27N5O2. The lowest BCUT2D eigenvalue weighted by Crippen LogP contribution is -2.49. The first-order valence-electron chi connectivity index (χ1n) is 9.97. The summed E-state index contributed by atoms with van der Waals surface area (Å²) in [7, 11) is 1.65. The Kier molecular flexibility index (Phi) is 6.07. The van der Waals surface area contributed by atoms with Crippen molar-refractivity contribution in [3.63, 3.8) is 0 Å². The predicted octanol–water partition coefficient (Wildman–Crippen LogP) is 1.78. The van der Waals surface area contributed by atoms with Gasteiger partial charge in [0.15, 0.2) is 0 Å². The fraction of sp³-hybridized carbons (Fsp3) is 0.364. The first-order valence-corrected chi connectivity index (χ1v) is 9.97. The van der Waals surface area contributed by atoms with Crippen LogP contribution < -0.4 is 10.1 Å². The number of amides is 1. The van der Waals surface area contributed by atoms with E-state index in [1.54, 1.807) is 7.11 Å². The van der Waals surface area contributed by atoms with E-state index in [-0.39, 0.29) is 5.91 Å². The molecule has 1 aliphatic heterocycles. The number of carbonyl (C=O) groups excluding carboxylic acids is 1. The number of para-hydroxylation sites is 1. The van der Waals surface area contributed by atoms with Gasteiger partial charge in [0.05, 0.1) is 19.3 Å². The molecule has 1 N–H and O–H groups in total. The molecule has 0 saturated carbocycles. The number of aromatic nitrogens is 2. The minimum atomic E-state index is 0.0460. The van der Waals surface area contributed by atoms with Crippen LogP contribution in [0.5, 0.6) is 5.75 Å². The maximum atomic E-state index is 12.3. The van der Waals surface area contributed by atoms with Gasteiger partial charge < -0.3 is 14.5 Å². The molecule has 7 heteroatoms. The van der Waals surface area contributed by atoms with E-state index < -0.39 is 0 Å². The third-order valence-electron chi connectivity index (χ3n) is 5.30. The Labute approximate surface area is 170 Å². The molecule has 152 valence electrons. The molecule has 0 atom stereocenters. The van der Waals surface area contributed by atoms with Crippen molar-refractivity contribution in [3.8, 4) is 5.75 Å². The van der Waals surface area contributed by atoms with Crippen molar-refractivity contribution in [3.05, 3.63) is 66.1 Å². The lowest BCUT2D eigenvalue weighted by atomic mass is 10.2. The second-order valence-electron chi connectivity index (χ2n) is 7.34. The number of hydrogen-bond acceptors (Lipinski definition) is 5.